The van der Waals surface area contributed by atoms with Crippen molar-refractivity contribution < 1.29 is 9.90 Å². The van der Waals surface area contributed by atoms with Gasteiger partial charge in [-0.15, -0.1) is 0 Å². The molecule has 1 amide bonds. The largest absolute Gasteiger partial charge is 0.372 e. The summed E-state index contributed by atoms with van der Waals surface area (Å²) in [5.74, 6) is -0.400. The van der Waals surface area contributed by atoms with Gasteiger partial charge in [0.1, 0.15) is 0 Å². The zero-order valence-electron chi connectivity index (χ0n) is 18.7. The fraction of sp³-hybridized carbons (Fsp3) is 0.296. The number of carbonyl (C=O) groups excluding carboxylic acids is 1. The third-order valence-corrected chi connectivity index (χ3v) is 6.53. The number of para-hydroxylation sites is 1. The molecule has 5 nitrogen and oxygen atoms in total. The van der Waals surface area contributed by atoms with Gasteiger partial charge in [0.15, 0.2) is 5.60 Å². The van der Waals surface area contributed by atoms with Crippen LogP contribution in [0, 0.1) is 0 Å². The Morgan fingerprint density at radius 2 is 1.39 bits per heavy atom. The molecule has 0 spiro atoms. The predicted octanol–water partition coefficient (Wildman–Crippen LogP) is 3.90. The SMILES string of the molecule is O=C(NCCCN1CCN(c2ccccc2Cl)CC1)C(O)(c1ccccc1)c1ccccc1. The van der Waals surface area contributed by atoms with Crippen LogP contribution in [0.1, 0.15) is 17.5 Å². The van der Waals surface area contributed by atoms with Gasteiger partial charge in [0, 0.05) is 32.7 Å². The van der Waals surface area contributed by atoms with Gasteiger partial charge in [-0.05, 0) is 36.2 Å². The summed E-state index contributed by atoms with van der Waals surface area (Å²) >= 11 is 6.34. The van der Waals surface area contributed by atoms with Crippen LogP contribution in [0.15, 0.2) is 84.9 Å². The lowest BCUT2D eigenvalue weighted by atomic mass is 9.85. The van der Waals surface area contributed by atoms with Crippen molar-refractivity contribution in [3.8, 4) is 0 Å². The molecule has 0 atom stereocenters. The van der Waals surface area contributed by atoms with Crippen molar-refractivity contribution in [1.82, 2.24) is 10.2 Å². The van der Waals surface area contributed by atoms with E-state index in [0.717, 1.165) is 49.9 Å². The van der Waals surface area contributed by atoms with Gasteiger partial charge in [0.05, 0.1) is 10.7 Å². The van der Waals surface area contributed by atoms with Crippen LogP contribution in [0.3, 0.4) is 0 Å². The van der Waals surface area contributed by atoms with Gasteiger partial charge in [-0.1, -0.05) is 84.4 Å². The van der Waals surface area contributed by atoms with Gasteiger partial charge in [0.25, 0.3) is 5.91 Å². The summed E-state index contributed by atoms with van der Waals surface area (Å²) in [6.45, 7) is 5.17. The highest BCUT2D eigenvalue weighted by molar-refractivity contribution is 6.33. The van der Waals surface area contributed by atoms with Crippen LogP contribution in [-0.4, -0.2) is 55.2 Å². The van der Waals surface area contributed by atoms with Crippen LogP contribution in [0.2, 0.25) is 5.02 Å². The smallest absolute Gasteiger partial charge is 0.261 e. The molecule has 0 radical (unpaired) electrons. The molecule has 0 bridgehead atoms. The number of hydrogen-bond acceptors (Lipinski definition) is 4. The summed E-state index contributed by atoms with van der Waals surface area (Å²) in [7, 11) is 0. The average Bonchev–Trinajstić information content (AvgIpc) is 2.88. The zero-order valence-corrected chi connectivity index (χ0v) is 19.4. The van der Waals surface area contributed by atoms with Crippen molar-refractivity contribution in [3.63, 3.8) is 0 Å². The Hall–Kier alpha value is -2.86. The average molecular weight is 464 g/mol. The summed E-state index contributed by atoms with van der Waals surface area (Å²) < 4.78 is 0. The van der Waals surface area contributed by atoms with Crippen molar-refractivity contribution in [2.24, 2.45) is 0 Å². The molecule has 3 aromatic rings. The topological polar surface area (TPSA) is 55.8 Å². The van der Waals surface area contributed by atoms with E-state index in [1.54, 1.807) is 24.3 Å². The third-order valence-electron chi connectivity index (χ3n) is 6.21. The third kappa shape index (κ3) is 5.38. The minimum absolute atomic E-state index is 0.400. The fourth-order valence-electron chi connectivity index (χ4n) is 4.34. The van der Waals surface area contributed by atoms with E-state index in [4.69, 9.17) is 11.6 Å². The number of hydrogen-bond donors (Lipinski definition) is 2. The lowest BCUT2D eigenvalue weighted by Crippen LogP contribution is -2.48. The van der Waals surface area contributed by atoms with Crippen molar-refractivity contribution in [1.29, 1.82) is 0 Å². The molecule has 1 aliphatic heterocycles. The van der Waals surface area contributed by atoms with Gasteiger partial charge in [0.2, 0.25) is 0 Å². The monoisotopic (exact) mass is 463 g/mol. The Kier molecular flexibility index (Phi) is 7.65. The number of benzene rings is 3. The van der Waals surface area contributed by atoms with Gasteiger partial charge in [-0.2, -0.15) is 0 Å². The zero-order chi connectivity index (χ0) is 23.1. The summed E-state index contributed by atoms with van der Waals surface area (Å²) in [4.78, 5) is 17.9. The standard InChI is InChI=1S/C27H30ClN3O2/c28-24-14-7-8-15-25(24)31-20-18-30(19-21-31)17-9-16-29-26(32)27(33,22-10-3-1-4-11-22)23-12-5-2-6-13-23/h1-8,10-15,33H,9,16-21H2,(H,29,32). The molecule has 6 heteroatoms. The van der Waals surface area contributed by atoms with Crippen LogP contribution >= 0.6 is 11.6 Å². The fourth-order valence-corrected chi connectivity index (χ4v) is 4.60. The van der Waals surface area contributed by atoms with E-state index in [1.165, 1.54) is 0 Å². The first-order chi connectivity index (χ1) is 16.1. The molecule has 1 fully saturated rings. The van der Waals surface area contributed by atoms with Crippen LogP contribution in [0.5, 0.6) is 0 Å². The van der Waals surface area contributed by atoms with Crippen LogP contribution in [0.25, 0.3) is 0 Å². The number of carbonyl (C=O) groups is 1. The van der Waals surface area contributed by atoms with Crippen molar-refractivity contribution in [2.45, 2.75) is 12.0 Å². The lowest BCUT2D eigenvalue weighted by Gasteiger charge is -2.36. The summed E-state index contributed by atoms with van der Waals surface area (Å²) in [6, 6.07) is 26.2. The number of nitrogens with zero attached hydrogens (tertiary/aromatic N) is 2. The lowest BCUT2D eigenvalue weighted by molar-refractivity contribution is -0.136. The molecule has 33 heavy (non-hydrogen) atoms. The maximum Gasteiger partial charge on any atom is 0.261 e. The van der Waals surface area contributed by atoms with Crippen molar-refractivity contribution in [3.05, 3.63) is 101 Å². The number of amides is 1. The van der Waals surface area contributed by atoms with E-state index in [9.17, 15) is 9.90 Å². The molecule has 1 aliphatic rings. The van der Waals surface area contributed by atoms with Crippen LogP contribution in [-0.2, 0) is 10.4 Å². The van der Waals surface area contributed by atoms with Crippen molar-refractivity contribution in [2.75, 3.05) is 44.2 Å². The number of rotatable bonds is 8. The Bertz CT molecular complexity index is 998. The molecule has 4 rings (SSSR count). The second-order valence-corrected chi connectivity index (χ2v) is 8.74. The molecule has 0 aromatic heterocycles. The first kappa shape index (κ1) is 23.3. The number of aliphatic hydroxyl groups is 1. The first-order valence-corrected chi connectivity index (χ1v) is 11.8. The molecule has 1 heterocycles. The molecule has 2 N–H and O–H groups in total. The molecule has 0 saturated carbocycles. The number of nitrogens with one attached hydrogen (secondary N) is 1. The van der Waals surface area contributed by atoms with E-state index < -0.39 is 11.5 Å². The quantitative estimate of drug-likeness (QED) is 0.497. The number of piperazine rings is 1. The number of anilines is 1. The molecule has 0 unspecified atom stereocenters. The molecule has 1 saturated heterocycles. The van der Waals surface area contributed by atoms with E-state index in [1.807, 2.05) is 54.6 Å². The first-order valence-electron chi connectivity index (χ1n) is 11.4. The van der Waals surface area contributed by atoms with E-state index in [0.29, 0.717) is 17.7 Å². The Morgan fingerprint density at radius 3 is 1.97 bits per heavy atom. The minimum Gasteiger partial charge on any atom is -0.372 e. The van der Waals surface area contributed by atoms with Gasteiger partial charge >= 0.3 is 0 Å². The summed E-state index contributed by atoms with van der Waals surface area (Å²) in [6.07, 6.45) is 0.817. The minimum atomic E-state index is -1.72. The Balaban J connectivity index is 1.29. The molecule has 172 valence electrons. The highest BCUT2D eigenvalue weighted by atomic mass is 35.5. The van der Waals surface area contributed by atoms with Crippen molar-refractivity contribution >= 4 is 23.2 Å². The summed E-state index contributed by atoms with van der Waals surface area (Å²) in [5, 5.41) is 15.2. The van der Waals surface area contributed by atoms with Gasteiger partial charge < -0.3 is 15.3 Å². The maximum absolute atomic E-state index is 13.2. The summed E-state index contributed by atoms with van der Waals surface area (Å²) in [5.41, 5.74) is 0.490. The second-order valence-electron chi connectivity index (χ2n) is 8.33. The van der Waals surface area contributed by atoms with Gasteiger partial charge in [-0.25, -0.2) is 0 Å². The van der Waals surface area contributed by atoms with E-state index in [2.05, 4.69) is 21.2 Å². The highest BCUT2D eigenvalue weighted by Gasteiger charge is 2.39. The Morgan fingerprint density at radius 1 is 0.848 bits per heavy atom. The molecule has 3 aromatic carbocycles. The normalized spacial score (nSPS) is 14.8. The van der Waals surface area contributed by atoms with E-state index in [-0.39, 0.29) is 0 Å². The molecular weight excluding hydrogens is 434 g/mol. The second kappa shape index (κ2) is 10.8. The molecule has 0 aliphatic carbocycles. The Labute approximate surface area is 200 Å². The van der Waals surface area contributed by atoms with Crippen LogP contribution < -0.4 is 10.2 Å². The predicted molar refractivity (Wildman–Crippen MR) is 134 cm³/mol. The van der Waals surface area contributed by atoms with E-state index >= 15 is 0 Å². The molecular formula is C27H30ClN3O2. The van der Waals surface area contributed by atoms with Gasteiger partial charge in [-0.3, -0.25) is 9.69 Å². The van der Waals surface area contributed by atoms with Crippen LogP contribution in [0.4, 0.5) is 5.69 Å². The highest BCUT2D eigenvalue weighted by Crippen LogP contribution is 2.30. The maximum atomic E-state index is 13.2. The number of halogens is 1.